The molecular weight excluding hydrogens is 232 g/mol. The summed E-state index contributed by atoms with van der Waals surface area (Å²) in [5.74, 6) is 0. The summed E-state index contributed by atoms with van der Waals surface area (Å²) in [5, 5.41) is 7.37. The second-order valence-electron chi connectivity index (χ2n) is 5.35. The Morgan fingerprint density at radius 3 is 2.82 bits per heavy atom. The summed E-state index contributed by atoms with van der Waals surface area (Å²) in [7, 11) is -0.714. The van der Waals surface area contributed by atoms with Crippen LogP contribution >= 0.6 is 0 Å². The van der Waals surface area contributed by atoms with Crippen molar-refractivity contribution in [3.05, 3.63) is 0 Å². The van der Waals surface area contributed by atoms with Crippen molar-refractivity contribution >= 4 is 10.8 Å². The molecule has 0 amide bonds. The average molecular weight is 260 g/mol. The molecular formula is C13H28N2OS. The fraction of sp³-hybridized carbons (Fsp3) is 1.00. The summed E-state index contributed by atoms with van der Waals surface area (Å²) in [5.41, 5.74) is 0. The Labute approximate surface area is 109 Å². The van der Waals surface area contributed by atoms with Crippen molar-refractivity contribution in [1.82, 2.24) is 10.6 Å². The van der Waals surface area contributed by atoms with Crippen molar-refractivity contribution in [3.8, 4) is 0 Å². The van der Waals surface area contributed by atoms with E-state index in [-0.39, 0.29) is 5.25 Å². The van der Waals surface area contributed by atoms with Gasteiger partial charge >= 0.3 is 0 Å². The quantitative estimate of drug-likeness (QED) is 0.763. The highest BCUT2D eigenvalue weighted by molar-refractivity contribution is 7.84. The lowest BCUT2D eigenvalue weighted by atomic mass is 10.0. The van der Waals surface area contributed by atoms with Crippen LogP contribution in [0.25, 0.3) is 0 Å². The Hall–Kier alpha value is 0.0700. The smallest absolute Gasteiger partial charge is 0.0441 e. The second kappa shape index (κ2) is 8.22. The van der Waals surface area contributed by atoms with Gasteiger partial charge in [-0.25, -0.2) is 0 Å². The van der Waals surface area contributed by atoms with Gasteiger partial charge in [0.2, 0.25) is 0 Å². The standard InChI is InChI=1S/C13H28N2OS/c1-11(15-10-12(2)17(3)16)9-13-7-5-4-6-8-14-13/h11-15H,4-10H2,1-3H3. The van der Waals surface area contributed by atoms with Gasteiger partial charge in [0.25, 0.3) is 0 Å². The maximum atomic E-state index is 11.3. The zero-order valence-corrected chi connectivity index (χ0v) is 12.3. The van der Waals surface area contributed by atoms with Crippen molar-refractivity contribution in [2.45, 2.75) is 63.3 Å². The Balaban J connectivity index is 2.18. The monoisotopic (exact) mass is 260 g/mol. The molecule has 1 aliphatic heterocycles. The highest BCUT2D eigenvalue weighted by Crippen LogP contribution is 2.12. The van der Waals surface area contributed by atoms with Crippen molar-refractivity contribution < 1.29 is 4.21 Å². The van der Waals surface area contributed by atoms with E-state index < -0.39 is 10.8 Å². The molecule has 2 N–H and O–H groups in total. The van der Waals surface area contributed by atoms with Crippen molar-refractivity contribution in [2.24, 2.45) is 0 Å². The van der Waals surface area contributed by atoms with E-state index in [1.165, 1.54) is 38.6 Å². The zero-order valence-electron chi connectivity index (χ0n) is 11.5. The van der Waals surface area contributed by atoms with E-state index in [4.69, 9.17) is 0 Å². The van der Waals surface area contributed by atoms with Gasteiger partial charge in [-0.1, -0.05) is 12.8 Å². The molecule has 0 bridgehead atoms. The first-order valence-corrected chi connectivity index (χ1v) is 8.50. The van der Waals surface area contributed by atoms with Crippen LogP contribution in [-0.4, -0.2) is 40.9 Å². The first-order valence-electron chi connectivity index (χ1n) is 6.88. The van der Waals surface area contributed by atoms with Gasteiger partial charge in [0.1, 0.15) is 0 Å². The minimum atomic E-state index is -0.714. The molecule has 4 atom stereocenters. The summed E-state index contributed by atoms with van der Waals surface area (Å²) < 4.78 is 11.3. The Bertz CT molecular complexity index is 227. The van der Waals surface area contributed by atoms with Crippen LogP contribution in [0.15, 0.2) is 0 Å². The average Bonchev–Trinajstić information content (AvgIpc) is 2.54. The summed E-state index contributed by atoms with van der Waals surface area (Å²) >= 11 is 0. The van der Waals surface area contributed by atoms with Crippen LogP contribution in [0.1, 0.15) is 46.0 Å². The molecule has 0 aromatic rings. The lowest BCUT2D eigenvalue weighted by Crippen LogP contribution is -2.39. The van der Waals surface area contributed by atoms with Gasteiger partial charge in [-0.3, -0.25) is 4.21 Å². The van der Waals surface area contributed by atoms with E-state index in [9.17, 15) is 4.21 Å². The molecule has 0 radical (unpaired) electrons. The van der Waals surface area contributed by atoms with Crippen LogP contribution in [0.2, 0.25) is 0 Å². The van der Waals surface area contributed by atoms with Crippen LogP contribution < -0.4 is 10.6 Å². The summed E-state index contributed by atoms with van der Waals surface area (Å²) in [4.78, 5) is 0. The molecule has 4 unspecified atom stereocenters. The molecule has 1 heterocycles. The summed E-state index contributed by atoms with van der Waals surface area (Å²) in [6, 6.07) is 1.18. The van der Waals surface area contributed by atoms with E-state index in [1.807, 2.05) is 6.92 Å². The first-order chi connectivity index (χ1) is 8.09. The normalized spacial score (nSPS) is 27.1. The summed E-state index contributed by atoms with van der Waals surface area (Å²) in [6.07, 6.45) is 8.33. The maximum Gasteiger partial charge on any atom is 0.0441 e. The minimum Gasteiger partial charge on any atom is -0.314 e. The van der Waals surface area contributed by atoms with Crippen LogP contribution in [0.5, 0.6) is 0 Å². The van der Waals surface area contributed by atoms with Crippen molar-refractivity contribution in [1.29, 1.82) is 0 Å². The third kappa shape index (κ3) is 6.53. The highest BCUT2D eigenvalue weighted by Gasteiger charge is 2.15. The Kier molecular flexibility index (Phi) is 7.32. The molecule has 3 nitrogen and oxygen atoms in total. The van der Waals surface area contributed by atoms with Crippen LogP contribution in [0, 0.1) is 0 Å². The van der Waals surface area contributed by atoms with Crippen LogP contribution in [0.3, 0.4) is 0 Å². The van der Waals surface area contributed by atoms with Gasteiger partial charge in [-0.15, -0.1) is 0 Å². The number of hydrogen-bond donors (Lipinski definition) is 2. The molecule has 4 heteroatoms. The minimum absolute atomic E-state index is 0.250. The highest BCUT2D eigenvalue weighted by atomic mass is 32.2. The van der Waals surface area contributed by atoms with Crippen molar-refractivity contribution in [2.75, 3.05) is 19.3 Å². The van der Waals surface area contributed by atoms with E-state index in [0.717, 1.165) is 6.54 Å². The van der Waals surface area contributed by atoms with Gasteiger partial charge < -0.3 is 10.6 Å². The Morgan fingerprint density at radius 1 is 1.35 bits per heavy atom. The fourth-order valence-corrected chi connectivity index (χ4v) is 2.63. The molecule has 0 aromatic heterocycles. The summed E-state index contributed by atoms with van der Waals surface area (Å²) in [6.45, 7) is 6.31. The molecule has 0 aliphatic carbocycles. The van der Waals surface area contributed by atoms with Crippen LogP contribution in [0.4, 0.5) is 0 Å². The molecule has 0 saturated carbocycles. The number of rotatable bonds is 6. The van der Waals surface area contributed by atoms with Gasteiger partial charge in [-0.2, -0.15) is 0 Å². The largest absolute Gasteiger partial charge is 0.314 e. The molecule has 1 saturated heterocycles. The molecule has 102 valence electrons. The van der Waals surface area contributed by atoms with Gasteiger partial charge in [0.15, 0.2) is 0 Å². The lowest BCUT2D eigenvalue weighted by molar-refractivity contribution is 0.404. The van der Waals surface area contributed by atoms with Crippen molar-refractivity contribution in [3.63, 3.8) is 0 Å². The molecule has 1 rings (SSSR count). The van der Waals surface area contributed by atoms with Gasteiger partial charge in [0.05, 0.1) is 0 Å². The van der Waals surface area contributed by atoms with E-state index in [2.05, 4.69) is 17.6 Å². The van der Waals surface area contributed by atoms with E-state index >= 15 is 0 Å². The third-order valence-electron chi connectivity index (χ3n) is 3.62. The van der Waals surface area contributed by atoms with E-state index in [0.29, 0.717) is 12.1 Å². The lowest BCUT2D eigenvalue weighted by Gasteiger charge is -2.22. The number of hydrogen-bond acceptors (Lipinski definition) is 3. The second-order valence-corrected chi connectivity index (χ2v) is 7.16. The topological polar surface area (TPSA) is 41.1 Å². The van der Waals surface area contributed by atoms with E-state index in [1.54, 1.807) is 6.26 Å². The third-order valence-corrected chi connectivity index (χ3v) is 4.92. The molecule has 17 heavy (non-hydrogen) atoms. The fourth-order valence-electron chi connectivity index (χ4n) is 2.30. The predicted octanol–water partition coefficient (Wildman–Crippen LogP) is 1.65. The van der Waals surface area contributed by atoms with Gasteiger partial charge in [0, 0.05) is 40.9 Å². The zero-order chi connectivity index (χ0) is 12.7. The maximum absolute atomic E-state index is 11.3. The molecule has 1 fully saturated rings. The first kappa shape index (κ1) is 15.1. The molecule has 1 aliphatic rings. The van der Waals surface area contributed by atoms with Gasteiger partial charge in [-0.05, 0) is 39.7 Å². The number of nitrogens with one attached hydrogen (secondary N) is 2. The Morgan fingerprint density at radius 2 is 2.12 bits per heavy atom. The van der Waals surface area contributed by atoms with Crippen LogP contribution in [-0.2, 0) is 10.8 Å². The molecule has 0 aromatic carbocycles. The molecule has 0 spiro atoms. The predicted molar refractivity (Wildman–Crippen MR) is 75.9 cm³/mol. The SMILES string of the molecule is CC(CC1CCCCCN1)NCC(C)S(C)=O.